The van der Waals surface area contributed by atoms with E-state index < -0.39 is 0 Å². The minimum atomic E-state index is -0.0406. The molecule has 0 aliphatic carbocycles. The molecule has 0 bridgehead atoms. The number of aryl methyl sites for hydroxylation is 1. The maximum absolute atomic E-state index is 12.3. The zero-order chi connectivity index (χ0) is 13.0. The summed E-state index contributed by atoms with van der Waals surface area (Å²) >= 11 is 0. The molecule has 0 heterocycles. The second kappa shape index (κ2) is 5.53. The third kappa shape index (κ3) is 2.87. The molecule has 1 rings (SSSR count). The quantitative estimate of drug-likeness (QED) is 0.640. The molecule has 0 atom stereocenters. The molecule has 17 heavy (non-hydrogen) atoms. The highest BCUT2D eigenvalue weighted by Gasteiger charge is 2.19. The Balaban J connectivity index is 3.09. The Bertz CT molecular complexity index is 424. The lowest BCUT2D eigenvalue weighted by Crippen LogP contribution is -2.37. The topological polar surface area (TPSA) is 46.3 Å². The van der Waals surface area contributed by atoms with Crippen LogP contribution in [0.1, 0.15) is 29.8 Å². The number of rotatable bonds is 4. The van der Waals surface area contributed by atoms with Crippen molar-refractivity contribution in [3.8, 4) is 0 Å². The SMILES string of the molecule is C=CCN(C(=O)c1cccc(C)c1N)C(C)C. The summed E-state index contributed by atoms with van der Waals surface area (Å²) < 4.78 is 0. The van der Waals surface area contributed by atoms with Gasteiger partial charge in [0, 0.05) is 18.3 Å². The summed E-state index contributed by atoms with van der Waals surface area (Å²) in [6, 6.07) is 5.65. The van der Waals surface area contributed by atoms with E-state index >= 15 is 0 Å². The van der Waals surface area contributed by atoms with Crippen LogP contribution in [0.25, 0.3) is 0 Å². The van der Waals surface area contributed by atoms with Crippen LogP contribution in [0.2, 0.25) is 0 Å². The molecule has 1 aromatic rings. The summed E-state index contributed by atoms with van der Waals surface area (Å²) in [5.41, 5.74) is 8.01. The molecule has 0 saturated heterocycles. The number of para-hydroxylation sites is 1. The van der Waals surface area contributed by atoms with E-state index in [0.717, 1.165) is 5.56 Å². The van der Waals surface area contributed by atoms with Crippen molar-refractivity contribution in [2.45, 2.75) is 26.8 Å². The Morgan fingerprint density at radius 3 is 2.71 bits per heavy atom. The first-order chi connectivity index (χ1) is 7.99. The van der Waals surface area contributed by atoms with Gasteiger partial charge >= 0.3 is 0 Å². The second-order valence-corrected chi connectivity index (χ2v) is 4.38. The summed E-state index contributed by atoms with van der Waals surface area (Å²) in [6.07, 6.45) is 1.73. The predicted octanol–water partition coefficient (Wildman–Crippen LogP) is 2.61. The van der Waals surface area contributed by atoms with Gasteiger partial charge < -0.3 is 10.6 Å². The highest BCUT2D eigenvalue weighted by Crippen LogP contribution is 2.19. The van der Waals surface area contributed by atoms with Crippen molar-refractivity contribution in [1.82, 2.24) is 4.90 Å². The van der Waals surface area contributed by atoms with E-state index in [9.17, 15) is 4.79 Å². The number of carbonyl (C=O) groups excluding carboxylic acids is 1. The zero-order valence-corrected chi connectivity index (χ0v) is 10.7. The monoisotopic (exact) mass is 232 g/mol. The Kier molecular flexibility index (Phi) is 4.32. The lowest BCUT2D eigenvalue weighted by atomic mass is 10.1. The van der Waals surface area contributed by atoms with Gasteiger partial charge in [0.05, 0.1) is 5.56 Å². The molecule has 0 fully saturated rings. The van der Waals surface area contributed by atoms with E-state index in [1.54, 1.807) is 17.0 Å². The number of carbonyl (C=O) groups is 1. The summed E-state index contributed by atoms with van der Waals surface area (Å²) in [5.74, 6) is -0.0406. The van der Waals surface area contributed by atoms with Crippen LogP contribution < -0.4 is 5.73 Å². The number of benzene rings is 1. The highest BCUT2D eigenvalue weighted by molar-refractivity contribution is 5.99. The molecule has 0 unspecified atom stereocenters. The standard InChI is InChI=1S/C14H20N2O/c1-5-9-16(10(2)3)14(17)12-8-6-7-11(4)13(12)15/h5-8,10H,1,9,15H2,2-4H3. The van der Waals surface area contributed by atoms with Gasteiger partial charge in [0.15, 0.2) is 0 Å². The number of hydrogen-bond acceptors (Lipinski definition) is 2. The molecule has 0 aliphatic rings. The van der Waals surface area contributed by atoms with Gasteiger partial charge in [-0.05, 0) is 32.4 Å². The fourth-order valence-electron chi connectivity index (χ4n) is 1.69. The minimum Gasteiger partial charge on any atom is -0.398 e. The van der Waals surface area contributed by atoms with Crippen LogP contribution in [-0.2, 0) is 0 Å². The van der Waals surface area contributed by atoms with E-state index in [1.807, 2.05) is 32.9 Å². The van der Waals surface area contributed by atoms with Gasteiger partial charge in [0.2, 0.25) is 0 Å². The summed E-state index contributed by atoms with van der Waals surface area (Å²) in [5, 5.41) is 0. The third-order valence-electron chi connectivity index (χ3n) is 2.76. The van der Waals surface area contributed by atoms with Crippen molar-refractivity contribution >= 4 is 11.6 Å². The van der Waals surface area contributed by atoms with Crippen molar-refractivity contribution in [2.24, 2.45) is 0 Å². The van der Waals surface area contributed by atoms with E-state index in [2.05, 4.69) is 6.58 Å². The molecule has 0 radical (unpaired) electrons. The van der Waals surface area contributed by atoms with Crippen molar-refractivity contribution in [2.75, 3.05) is 12.3 Å². The number of amides is 1. The van der Waals surface area contributed by atoms with Crippen LogP contribution in [0.4, 0.5) is 5.69 Å². The molecule has 3 heteroatoms. The Morgan fingerprint density at radius 1 is 1.53 bits per heavy atom. The van der Waals surface area contributed by atoms with Crippen molar-refractivity contribution in [3.05, 3.63) is 42.0 Å². The highest BCUT2D eigenvalue weighted by atomic mass is 16.2. The molecule has 3 nitrogen and oxygen atoms in total. The van der Waals surface area contributed by atoms with Crippen LogP contribution in [-0.4, -0.2) is 23.4 Å². The normalized spacial score (nSPS) is 10.4. The van der Waals surface area contributed by atoms with Crippen LogP contribution >= 0.6 is 0 Å². The van der Waals surface area contributed by atoms with Gasteiger partial charge in [-0.15, -0.1) is 6.58 Å². The molecule has 92 valence electrons. The van der Waals surface area contributed by atoms with Crippen molar-refractivity contribution in [3.63, 3.8) is 0 Å². The van der Waals surface area contributed by atoms with E-state index in [1.165, 1.54) is 0 Å². The lowest BCUT2D eigenvalue weighted by molar-refractivity contribution is 0.0730. The number of nitrogens with two attached hydrogens (primary N) is 1. The number of hydrogen-bond donors (Lipinski definition) is 1. The van der Waals surface area contributed by atoms with Gasteiger partial charge in [0.25, 0.3) is 5.91 Å². The molecular formula is C14H20N2O. The number of nitrogen functional groups attached to an aromatic ring is 1. The van der Waals surface area contributed by atoms with Crippen LogP contribution in [0.5, 0.6) is 0 Å². The molecule has 0 aromatic heterocycles. The molecule has 2 N–H and O–H groups in total. The molecule has 0 spiro atoms. The fraction of sp³-hybridized carbons (Fsp3) is 0.357. The van der Waals surface area contributed by atoms with Crippen molar-refractivity contribution < 1.29 is 4.79 Å². The lowest BCUT2D eigenvalue weighted by Gasteiger charge is -2.26. The second-order valence-electron chi connectivity index (χ2n) is 4.38. The minimum absolute atomic E-state index is 0.0406. The Morgan fingerprint density at radius 2 is 2.18 bits per heavy atom. The fourth-order valence-corrected chi connectivity index (χ4v) is 1.69. The summed E-state index contributed by atoms with van der Waals surface area (Å²) in [6.45, 7) is 10.1. The van der Waals surface area contributed by atoms with Gasteiger partial charge in [-0.1, -0.05) is 18.2 Å². The maximum atomic E-state index is 12.3. The predicted molar refractivity (Wildman–Crippen MR) is 72.0 cm³/mol. The smallest absolute Gasteiger partial charge is 0.256 e. The average molecular weight is 232 g/mol. The summed E-state index contributed by atoms with van der Waals surface area (Å²) in [4.78, 5) is 14.1. The van der Waals surface area contributed by atoms with Crippen LogP contribution in [0.3, 0.4) is 0 Å². The largest absolute Gasteiger partial charge is 0.398 e. The molecule has 1 amide bonds. The summed E-state index contributed by atoms with van der Waals surface area (Å²) in [7, 11) is 0. The number of nitrogens with zero attached hydrogens (tertiary/aromatic N) is 1. The number of anilines is 1. The third-order valence-corrected chi connectivity index (χ3v) is 2.76. The van der Waals surface area contributed by atoms with Gasteiger partial charge in [0.1, 0.15) is 0 Å². The Hall–Kier alpha value is -1.77. The average Bonchev–Trinajstić information content (AvgIpc) is 2.28. The molecule has 0 saturated carbocycles. The van der Waals surface area contributed by atoms with Gasteiger partial charge in [-0.25, -0.2) is 0 Å². The van der Waals surface area contributed by atoms with Gasteiger partial charge in [-0.3, -0.25) is 4.79 Å². The van der Waals surface area contributed by atoms with Crippen LogP contribution in [0.15, 0.2) is 30.9 Å². The first kappa shape index (κ1) is 13.3. The zero-order valence-electron chi connectivity index (χ0n) is 10.7. The van der Waals surface area contributed by atoms with E-state index in [0.29, 0.717) is 17.8 Å². The first-order valence-corrected chi connectivity index (χ1v) is 5.76. The van der Waals surface area contributed by atoms with Crippen molar-refractivity contribution in [1.29, 1.82) is 0 Å². The Labute approximate surface area is 103 Å². The van der Waals surface area contributed by atoms with Gasteiger partial charge in [-0.2, -0.15) is 0 Å². The van der Waals surface area contributed by atoms with E-state index in [-0.39, 0.29) is 11.9 Å². The molecule has 0 aliphatic heterocycles. The first-order valence-electron chi connectivity index (χ1n) is 5.76. The van der Waals surface area contributed by atoms with E-state index in [4.69, 9.17) is 5.73 Å². The maximum Gasteiger partial charge on any atom is 0.256 e. The molecular weight excluding hydrogens is 212 g/mol. The molecule has 1 aromatic carbocycles. The van der Waals surface area contributed by atoms with Crippen LogP contribution in [0, 0.1) is 6.92 Å².